The van der Waals surface area contributed by atoms with Crippen LogP contribution in [0.3, 0.4) is 0 Å². The van der Waals surface area contributed by atoms with Gasteiger partial charge in [-0.25, -0.2) is 0 Å². The number of hydrogen-bond donors (Lipinski definition) is 1. The third-order valence-corrected chi connectivity index (χ3v) is 3.60. The molecule has 2 aromatic rings. The van der Waals surface area contributed by atoms with Crippen LogP contribution in [0.4, 0.5) is 0 Å². The Labute approximate surface area is 130 Å². The molecule has 2 rings (SSSR count). The second-order valence-corrected chi connectivity index (χ2v) is 5.78. The van der Waals surface area contributed by atoms with Crippen molar-refractivity contribution in [3.63, 3.8) is 0 Å². The summed E-state index contributed by atoms with van der Waals surface area (Å²) in [5.74, 6) is 0.402. The summed E-state index contributed by atoms with van der Waals surface area (Å²) >= 11 is 6.22. The van der Waals surface area contributed by atoms with Crippen LogP contribution >= 0.6 is 11.6 Å². The van der Waals surface area contributed by atoms with E-state index in [-0.39, 0.29) is 5.91 Å². The average Bonchev–Trinajstić information content (AvgIpc) is 2.93. The number of aromatic amines is 1. The van der Waals surface area contributed by atoms with Gasteiger partial charge in [0.05, 0.1) is 17.5 Å². The molecule has 1 heterocycles. The van der Waals surface area contributed by atoms with E-state index >= 15 is 0 Å². The Morgan fingerprint density at radius 1 is 1.38 bits per heavy atom. The molecule has 1 amide bonds. The van der Waals surface area contributed by atoms with Crippen molar-refractivity contribution in [2.75, 3.05) is 13.1 Å². The quantitative estimate of drug-likeness (QED) is 0.912. The second kappa shape index (κ2) is 6.76. The molecule has 4 nitrogen and oxygen atoms in total. The van der Waals surface area contributed by atoms with Gasteiger partial charge in [0.25, 0.3) is 5.91 Å². The normalized spacial score (nSPS) is 10.9. The van der Waals surface area contributed by atoms with Crippen molar-refractivity contribution in [3.05, 3.63) is 41.0 Å². The number of aromatic nitrogens is 2. The minimum absolute atomic E-state index is 0.0186. The van der Waals surface area contributed by atoms with Crippen LogP contribution in [0.15, 0.2) is 30.5 Å². The minimum atomic E-state index is -0.0186. The van der Waals surface area contributed by atoms with Gasteiger partial charge in [-0.3, -0.25) is 9.89 Å². The van der Waals surface area contributed by atoms with Crippen LogP contribution in [0.5, 0.6) is 0 Å². The van der Waals surface area contributed by atoms with Crippen LogP contribution in [-0.2, 0) is 0 Å². The SMILES string of the molecule is CCN(CC(C)C)C(=O)c1cn[nH]c1-c1ccccc1Cl. The summed E-state index contributed by atoms with van der Waals surface area (Å²) in [6.07, 6.45) is 1.57. The van der Waals surface area contributed by atoms with Gasteiger partial charge in [-0.1, -0.05) is 43.6 Å². The average molecular weight is 306 g/mol. The molecule has 0 saturated heterocycles. The van der Waals surface area contributed by atoms with E-state index in [2.05, 4.69) is 24.0 Å². The van der Waals surface area contributed by atoms with Crippen molar-refractivity contribution in [1.82, 2.24) is 15.1 Å². The number of hydrogen-bond acceptors (Lipinski definition) is 2. The Morgan fingerprint density at radius 3 is 2.71 bits per heavy atom. The van der Waals surface area contributed by atoms with Gasteiger partial charge in [0.2, 0.25) is 0 Å². The van der Waals surface area contributed by atoms with E-state index in [1.807, 2.05) is 30.0 Å². The number of halogens is 1. The molecule has 0 saturated carbocycles. The van der Waals surface area contributed by atoms with Gasteiger partial charge < -0.3 is 4.90 Å². The summed E-state index contributed by atoms with van der Waals surface area (Å²) in [6.45, 7) is 7.57. The molecule has 0 unspecified atom stereocenters. The van der Waals surface area contributed by atoms with Crippen molar-refractivity contribution in [3.8, 4) is 11.3 Å². The van der Waals surface area contributed by atoms with E-state index in [0.29, 0.717) is 28.7 Å². The van der Waals surface area contributed by atoms with Crippen LogP contribution in [0.1, 0.15) is 31.1 Å². The molecule has 112 valence electrons. The summed E-state index contributed by atoms with van der Waals surface area (Å²) in [7, 11) is 0. The Hall–Kier alpha value is -1.81. The number of carbonyl (C=O) groups excluding carboxylic acids is 1. The van der Waals surface area contributed by atoms with Gasteiger partial charge in [0.1, 0.15) is 0 Å². The van der Waals surface area contributed by atoms with E-state index in [0.717, 1.165) is 12.1 Å². The largest absolute Gasteiger partial charge is 0.339 e. The summed E-state index contributed by atoms with van der Waals surface area (Å²) in [5.41, 5.74) is 2.03. The molecular formula is C16H20ClN3O. The predicted molar refractivity (Wildman–Crippen MR) is 85.4 cm³/mol. The van der Waals surface area contributed by atoms with Crippen LogP contribution in [0.2, 0.25) is 5.02 Å². The number of H-pyrrole nitrogens is 1. The summed E-state index contributed by atoms with van der Waals surface area (Å²) < 4.78 is 0. The van der Waals surface area contributed by atoms with Crippen LogP contribution in [0, 0.1) is 5.92 Å². The zero-order chi connectivity index (χ0) is 15.4. The van der Waals surface area contributed by atoms with E-state index in [1.54, 1.807) is 12.3 Å². The van der Waals surface area contributed by atoms with Gasteiger partial charge in [-0.2, -0.15) is 5.10 Å². The maximum Gasteiger partial charge on any atom is 0.257 e. The number of benzene rings is 1. The topological polar surface area (TPSA) is 49.0 Å². The highest BCUT2D eigenvalue weighted by molar-refractivity contribution is 6.33. The number of nitrogens with zero attached hydrogens (tertiary/aromatic N) is 2. The molecule has 5 heteroatoms. The number of rotatable bonds is 5. The molecule has 1 aromatic carbocycles. The first-order valence-electron chi connectivity index (χ1n) is 7.12. The zero-order valence-electron chi connectivity index (χ0n) is 12.6. The lowest BCUT2D eigenvalue weighted by molar-refractivity contribution is 0.0746. The number of nitrogens with one attached hydrogen (secondary N) is 1. The van der Waals surface area contributed by atoms with Gasteiger partial charge in [0.15, 0.2) is 0 Å². The van der Waals surface area contributed by atoms with Gasteiger partial charge in [-0.05, 0) is 18.9 Å². The fourth-order valence-electron chi connectivity index (χ4n) is 2.28. The monoisotopic (exact) mass is 305 g/mol. The maximum atomic E-state index is 12.7. The summed E-state index contributed by atoms with van der Waals surface area (Å²) in [5, 5.41) is 7.52. The highest BCUT2D eigenvalue weighted by Gasteiger charge is 2.21. The van der Waals surface area contributed by atoms with Gasteiger partial charge in [0, 0.05) is 23.7 Å². The van der Waals surface area contributed by atoms with Crippen LogP contribution < -0.4 is 0 Å². The standard InChI is InChI=1S/C16H20ClN3O/c1-4-20(10-11(2)3)16(21)13-9-18-19-15(13)12-7-5-6-8-14(12)17/h5-9,11H,4,10H2,1-3H3,(H,18,19). The van der Waals surface area contributed by atoms with Crippen molar-refractivity contribution in [2.24, 2.45) is 5.92 Å². The summed E-state index contributed by atoms with van der Waals surface area (Å²) in [6, 6.07) is 7.44. The highest BCUT2D eigenvalue weighted by Crippen LogP contribution is 2.29. The third-order valence-electron chi connectivity index (χ3n) is 3.27. The lowest BCUT2D eigenvalue weighted by atomic mass is 10.1. The third kappa shape index (κ3) is 3.45. The smallest absolute Gasteiger partial charge is 0.257 e. The molecule has 0 aliphatic heterocycles. The first-order chi connectivity index (χ1) is 10.0. The van der Waals surface area contributed by atoms with E-state index in [4.69, 9.17) is 11.6 Å². The van der Waals surface area contributed by atoms with Crippen LogP contribution in [0.25, 0.3) is 11.3 Å². The molecule has 21 heavy (non-hydrogen) atoms. The molecule has 0 bridgehead atoms. The van der Waals surface area contributed by atoms with E-state index in [1.165, 1.54) is 0 Å². The van der Waals surface area contributed by atoms with Crippen molar-refractivity contribution in [1.29, 1.82) is 0 Å². The predicted octanol–water partition coefficient (Wildman–Crippen LogP) is 3.85. The molecule has 1 aromatic heterocycles. The number of carbonyl (C=O) groups is 1. The number of amides is 1. The molecule has 0 fully saturated rings. The van der Waals surface area contributed by atoms with Crippen molar-refractivity contribution >= 4 is 17.5 Å². The Balaban J connectivity index is 2.36. The van der Waals surface area contributed by atoms with Crippen molar-refractivity contribution < 1.29 is 4.79 Å². The maximum absolute atomic E-state index is 12.7. The fraction of sp³-hybridized carbons (Fsp3) is 0.375. The summed E-state index contributed by atoms with van der Waals surface area (Å²) in [4.78, 5) is 14.5. The highest BCUT2D eigenvalue weighted by atomic mass is 35.5. The first kappa shape index (κ1) is 15.6. The van der Waals surface area contributed by atoms with E-state index < -0.39 is 0 Å². The second-order valence-electron chi connectivity index (χ2n) is 5.38. The first-order valence-corrected chi connectivity index (χ1v) is 7.50. The Kier molecular flexibility index (Phi) is 5.02. The lowest BCUT2D eigenvalue weighted by Crippen LogP contribution is -2.34. The van der Waals surface area contributed by atoms with E-state index in [9.17, 15) is 4.79 Å². The minimum Gasteiger partial charge on any atom is -0.339 e. The Bertz CT molecular complexity index is 621. The molecule has 0 spiro atoms. The fourth-order valence-corrected chi connectivity index (χ4v) is 2.51. The molecule has 0 atom stereocenters. The van der Waals surface area contributed by atoms with Gasteiger partial charge in [-0.15, -0.1) is 0 Å². The molecule has 0 radical (unpaired) electrons. The lowest BCUT2D eigenvalue weighted by Gasteiger charge is -2.22. The molecule has 0 aliphatic rings. The Morgan fingerprint density at radius 2 is 2.10 bits per heavy atom. The molecular weight excluding hydrogens is 286 g/mol. The van der Waals surface area contributed by atoms with Crippen LogP contribution in [-0.4, -0.2) is 34.1 Å². The molecule has 1 N–H and O–H groups in total. The van der Waals surface area contributed by atoms with Crippen molar-refractivity contribution in [2.45, 2.75) is 20.8 Å². The molecule has 0 aliphatic carbocycles. The van der Waals surface area contributed by atoms with Gasteiger partial charge >= 0.3 is 0 Å². The zero-order valence-corrected chi connectivity index (χ0v) is 13.3.